The van der Waals surface area contributed by atoms with Gasteiger partial charge in [-0.2, -0.15) is 5.10 Å². The molecular formula is C19H24N2O3. The molecule has 0 fully saturated rings. The largest absolute Gasteiger partial charge is 0.493 e. The van der Waals surface area contributed by atoms with Gasteiger partial charge in [-0.1, -0.05) is 18.2 Å². The number of hydrogen-bond donors (Lipinski definition) is 1. The number of hydrazone groups is 1. The normalized spacial score (nSPS) is 10.9. The van der Waals surface area contributed by atoms with E-state index in [0.717, 1.165) is 16.9 Å². The molecule has 0 spiro atoms. The molecular weight excluding hydrogens is 304 g/mol. The highest BCUT2D eigenvalue weighted by Gasteiger charge is 2.04. The Morgan fingerprint density at radius 3 is 2.46 bits per heavy atom. The second-order valence-corrected chi connectivity index (χ2v) is 5.49. The second kappa shape index (κ2) is 8.82. The Labute approximate surface area is 143 Å². The van der Waals surface area contributed by atoms with Crippen LogP contribution in [0.1, 0.15) is 25.0 Å². The van der Waals surface area contributed by atoms with E-state index in [0.29, 0.717) is 18.0 Å². The van der Waals surface area contributed by atoms with Gasteiger partial charge in [0, 0.05) is 5.56 Å². The predicted octanol–water partition coefficient (Wildman–Crippen LogP) is 3.61. The van der Waals surface area contributed by atoms with Crippen molar-refractivity contribution in [2.24, 2.45) is 5.10 Å². The van der Waals surface area contributed by atoms with E-state index in [9.17, 15) is 0 Å². The van der Waals surface area contributed by atoms with Crippen molar-refractivity contribution in [3.63, 3.8) is 0 Å². The van der Waals surface area contributed by atoms with E-state index in [1.54, 1.807) is 20.4 Å². The molecule has 2 rings (SSSR count). The van der Waals surface area contributed by atoms with Crippen LogP contribution >= 0.6 is 0 Å². The minimum Gasteiger partial charge on any atom is -0.493 e. The minimum atomic E-state index is 0.124. The molecule has 128 valence electrons. The maximum Gasteiger partial charge on any atom is 0.161 e. The van der Waals surface area contributed by atoms with Gasteiger partial charge in [0.05, 0.1) is 33.1 Å². The first-order valence-electron chi connectivity index (χ1n) is 7.86. The molecule has 5 heteroatoms. The highest BCUT2D eigenvalue weighted by Crippen LogP contribution is 2.27. The fourth-order valence-electron chi connectivity index (χ4n) is 2.19. The fourth-order valence-corrected chi connectivity index (χ4v) is 2.19. The summed E-state index contributed by atoms with van der Waals surface area (Å²) < 4.78 is 16.3. The van der Waals surface area contributed by atoms with Crippen LogP contribution in [-0.2, 0) is 6.54 Å². The molecule has 0 saturated heterocycles. The summed E-state index contributed by atoms with van der Waals surface area (Å²) in [6.45, 7) is 4.59. The predicted molar refractivity (Wildman–Crippen MR) is 96.2 cm³/mol. The van der Waals surface area contributed by atoms with Crippen LogP contribution in [0, 0.1) is 0 Å². The van der Waals surface area contributed by atoms with Crippen molar-refractivity contribution in [3.8, 4) is 17.2 Å². The van der Waals surface area contributed by atoms with Gasteiger partial charge < -0.3 is 19.6 Å². The number of methoxy groups -OCH3 is 2. The third kappa shape index (κ3) is 4.91. The van der Waals surface area contributed by atoms with Gasteiger partial charge in [-0.25, -0.2) is 0 Å². The second-order valence-electron chi connectivity index (χ2n) is 5.49. The van der Waals surface area contributed by atoms with E-state index < -0.39 is 0 Å². The molecule has 2 aromatic rings. The summed E-state index contributed by atoms with van der Waals surface area (Å²) in [4.78, 5) is 0. The van der Waals surface area contributed by atoms with Gasteiger partial charge in [0.25, 0.3) is 0 Å². The van der Waals surface area contributed by atoms with Crippen molar-refractivity contribution >= 4 is 6.21 Å². The molecule has 0 amide bonds. The Balaban J connectivity index is 1.98. The van der Waals surface area contributed by atoms with Gasteiger partial charge >= 0.3 is 0 Å². The Morgan fingerprint density at radius 1 is 1.00 bits per heavy atom. The third-order valence-corrected chi connectivity index (χ3v) is 3.31. The van der Waals surface area contributed by atoms with Crippen LogP contribution in [0.25, 0.3) is 0 Å². The maximum absolute atomic E-state index is 5.77. The average molecular weight is 328 g/mol. The van der Waals surface area contributed by atoms with Gasteiger partial charge in [-0.15, -0.1) is 0 Å². The van der Waals surface area contributed by atoms with Crippen LogP contribution in [0.4, 0.5) is 0 Å². The Bertz CT molecular complexity index is 684. The molecule has 0 aliphatic heterocycles. The SMILES string of the molecule is COc1ccc(CN/N=C/c2ccccc2OC(C)C)cc1OC. The lowest BCUT2D eigenvalue weighted by Crippen LogP contribution is -2.09. The number of nitrogens with zero attached hydrogens (tertiary/aromatic N) is 1. The van der Waals surface area contributed by atoms with Crippen LogP contribution in [0.15, 0.2) is 47.6 Å². The molecule has 0 aliphatic carbocycles. The van der Waals surface area contributed by atoms with Gasteiger partial charge in [-0.3, -0.25) is 0 Å². The van der Waals surface area contributed by atoms with Gasteiger partial charge in [0.15, 0.2) is 11.5 Å². The zero-order valence-corrected chi connectivity index (χ0v) is 14.6. The Morgan fingerprint density at radius 2 is 1.75 bits per heavy atom. The van der Waals surface area contributed by atoms with E-state index in [4.69, 9.17) is 14.2 Å². The Hall–Kier alpha value is -2.69. The molecule has 2 aromatic carbocycles. The molecule has 24 heavy (non-hydrogen) atoms. The summed E-state index contributed by atoms with van der Waals surface area (Å²) in [5, 5.41) is 4.28. The Kier molecular flexibility index (Phi) is 6.49. The van der Waals surface area contributed by atoms with E-state index in [1.807, 2.05) is 56.3 Å². The summed E-state index contributed by atoms with van der Waals surface area (Å²) >= 11 is 0. The lowest BCUT2D eigenvalue weighted by Gasteiger charge is -2.12. The molecule has 0 radical (unpaired) electrons. The van der Waals surface area contributed by atoms with Crippen LogP contribution in [-0.4, -0.2) is 26.5 Å². The van der Waals surface area contributed by atoms with Gasteiger partial charge in [-0.05, 0) is 43.7 Å². The van der Waals surface area contributed by atoms with Crippen LogP contribution in [0.5, 0.6) is 17.2 Å². The van der Waals surface area contributed by atoms with Crippen molar-refractivity contribution in [2.75, 3.05) is 14.2 Å². The molecule has 0 heterocycles. The van der Waals surface area contributed by atoms with E-state index in [2.05, 4.69) is 10.5 Å². The smallest absolute Gasteiger partial charge is 0.161 e. The van der Waals surface area contributed by atoms with Crippen molar-refractivity contribution in [2.45, 2.75) is 26.5 Å². The maximum atomic E-state index is 5.77. The summed E-state index contributed by atoms with van der Waals surface area (Å²) in [5.74, 6) is 2.24. The summed E-state index contributed by atoms with van der Waals surface area (Å²) in [6.07, 6.45) is 1.89. The van der Waals surface area contributed by atoms with Crippen LogP contribution in [0.3, 0.4) is 0 Å². The lowest BCUT2D eigenvalue weighted by molar-refractivity contribution is 0.242. The molecule has 0 bridgehead atoms. The summed E-state index contributed by atoms with van der Waals surface area (Å²) in [6, 6.07) is 13.6. The first-order chi connectivity index (χ1) is 11.6. The number of rotatable bonds is 8. The number of para-hydroxylation sites is 1. The van der Waals surface area contributed by atoms with Gasteiger partial charge in [0.2, 0.25) is 0 Å². The van der Waals surface area contributed by atoms with E-state index >= 15 is 0 Å². The highest BCUT2D eigenvalue weighted by atomic mass is 16.5. The van der Waals surface area contributed by atoms with Gasteiger partial charge in [0.1, 0.15) is 5.75 Å². The van der Waals surface area contributed by atoms with E-state index in [1.165, 1.54) is 0 Å². The van der Waals surface area contributed by atoms with Crippen molar-refractivity contribution < 1.29 is 14.2 Å². The molecule has 0 atom stereocenters. The molecule has 0 unspecified atom stereocenters. The van der Waals surface area contributed by atoms with E-state index in [-0.39, 0.29) is 6.10 Å². The average Bonchev–Trinajstić information content (AvgIpc) is 2.59. The van der Waals surface area contributed by atoms with Crippen LogP contribution in [0.2, 0.25) is 0 Å². The number of benzene rings is 2. The van der Waals surface area contributed by atoms with Crippen molar-refractivity contribution in [3.05, 3.63) is 53.6 Å². The molecule has 0 aliphatic rings. The van der Waals surface area contributed by atoms with Crippen molar-refractivity contribution in [1.29, 1.82) is 0 Å². The first kappa shape index (κ1) is 17.7. The summed E-state index contributed by atoms with van der Waals surface area (Å²) in [7, 11) is 3.25. The quantitative estimate of drug-likeness (QED) is 0.594. The topological polar surface area (TPSA) is 52.1 Å². The zero-order valence-electron chi connectivity index (χ0n) is 14.6. The molecule has 0 saturated carbocycles. The monoisotopic (exact) mass is 328 g/mol. The highest BCUT2D eigenvalue weighted by molar-refractivity contribution is 5.83. The van der Waals surface area contributed by atoms with Crippen LogP contribution < -0.4 is 19.6 Å². The lowest BCUT2D eigenvalue weighted by atomic mass is 10.2. The fraction of sp³-hybridized carbons (Fsp3) is 0.316. The first-order valence-corrected chi connectivity index (χ1v) is 7.86. The number of ether oxygens (including phenoxy) is 3. The number of hydrogen-bond acceptors (Lipinski definition) is 5. The third-order valence-electron chi connectivity index (χ3n) is 3.31. The number of nitrogens with one attached hydrogen (secondary N) is 1. The minimum absolute atomic E-state index is 0.124. The summed E-state index contributed by atoms with van der Waals surface area (Å²) in [5.41, 5.74) is 5.03. The zero-order chi connectivity index (χ0) is 17.4. The molecule has 5 nitrogen and oxygen atoms in total. The molecule has 0 aromatic heterocycles. The standard InChI is InChI=1S/C19H24N2O3/c1-14(2)24-17-8-6-5-7-16(17)13-21-20-12-15-9-10-18(22-3)19(11-15)23-4/h5-11,13-14,20H,12H2,1-4H3/b21-13+. The molecule has 1 N–H and O–H groups in total. The van der Waals surface area contributed by atoms with Crippen molar-refractivity contribution in [1.82, 2.24) is 5.43 Å².